The summed E-state index contributed by atoms with van der Waals surface area (Å²) in [5.74, 6) is 0.0134. The van der Waals surface area contributed by atoms with Crippen molar-refractivity contribution in [3.8, 4) is 5.88 Å². The minimum atomic E-state index is -3.84. The van der Waals surface area contributed by atoms with E-state index in [1.807, 2.05) is 42.5 Å². The van der Waals surface area contributed by atoms with E-state index in [0.29, 0.717) is 47.8 Å². The van der Waals surface area contributed by atoms with Gasteiger partial charge in [0.15, 0.2) is 5.69 Å². The van der Waals surface area contributed by atoms with Crippen molar-refractivity contribution in [1.29, 1.82) is 0 Å². The van der Waals surface area contributed by atoms with Gasteiger partial charge in [-0.25, -0.2) is 23.1 Å². The van der Waals surface area contributed by atoms with Crippen LogP contribution in [-0.2, 0) is 17.1 Å². The summed E-state index contributed by atoms with van der Waals surface area (Å²) in [5, 5.41) is 11.8. The smallest absolute Gasteiger partial charge is 0.285 e. The lowest BCUT2D eigenvalue weighted by molar-refractivity contribution is 0.0977. The fraction of sp³-hybridized carbons (Fsp3) is 0.357. The molecule has 1 aliphatic heterocycles. The van der Waals surface area contributed by atoms with Crippen molar-refractivity contribution in [3.63, 3.8) is 0 Å². The molecular weight excluding hydrogens is 596 g/mol. The molecule has 2 N–H and O–H groups in total. The Kier molecular flexibility index (Phi) is 8.25. The molecule has 13 nitrogen and oxygen atoms in total. The van der Waals surface area contributed by atoms with Crippen LogP contribution >= 0.6 is 11.6 Å². The van der Waals surface area contributed by atoms with Gasteiger partial charge in [-0.05, 0) is 50.6 Å². The normalized spacial score (nSPS) is 15.9. The molecule has 1 amide bonds. The summed E-state index contributed by atoms with van der Waals surface area (Å²) < 4.78 is 32.9. The van der Waals surface area contributed by atoms with Crippen molar-refractivity contribution in [2.45, 2.75) is 39.3 Å². The van der Waals surface area contributed by atoms with Crippen LogP contribution < -0.4 is 25.2 Å². The van der Waals surface area contributed by atoms with Crippen molar-refractivity contribution in [2.75, 3.05) is 29.6 Å². The van der Waals surface area contributed by atoms with Crippen molar-refractivity contribution in [3.05, 3.63) is 74.4 Å². The first kappa shape index (κ1) is 30.2. The van der Waals surface area contributed by atoms with Gasteiger partial charge in [0.25, 0.3) is 11.5 Å². The number of rotatable bonds is 8. The van der Waals surface area contributed by atoms with E-state index < -0.39 is 22.0 Å². The number of anilines is 2. The molecule has 15 heteroatoms. The molecule has 1 aromatic carbocycles. The van der Waals surface area contributed by atoms with E-state index in [4.69, 9.17) is 21.3 Å². The predicted molar refractivity (Wildman–Crippen MR) is 163 cm³/mol. The second kappa shape index (κ2) is 11.8. The monoisotopic (exact) mass is 626 g/mol. The average Bonchev–Trinajstić information content (AvgIpc) is 3.40. The van der Waals surface area contributed by atoms with Crippen LogP contribution in [0.4, 0.5) is 11.6 Å². The van der Waals surface area contributed by atoms with Gasteiger partial charge in [0.05, 0.1) is 41.1 Å². The Morgan fingerprint density at radius 3 is 2.60 bits per heavy atom. The predicted octanol–water partition coefficient (Wildman–Crippen LogP) is 2.91. The summed E-state index contributed by atoms with van der Waals surface area (Å²) in [4.78, 5) is 37.3. The second-order valence-electron chi connectivity index (χ2n) is 10.6. The number of nitrogens with zero attached hydrogens (tertiary/aromatic N) is 6. The van der Waals surface area contributed by atoms with Crippen LogP contribution in [0, 0.1) is 13.8 Å². The zero-order valence-corrected chi connectivity index (χ0v) is 25.8. The van der Waals surface area contributed by atoms with Crippen LogP contribution in [-0.4, -0.2) is 64.5 Å². The van der Waals surface area contributed by atoms with Gasteiger partial charge >= 0.3 is 0 Å². The highest BCUT2D eigenvalue weighted by Gasteiger charge is 2.29. The Hall–Kier alpha value is -4.30. The molecule has 0 aliphatic carbocycles. The number of halogens is 1. The van der Waals surface area contributed by atoms with Crippen molar-refractivity contribution < 1.29 is 17.9 Å². The van der Waals surface area contributed by atoms with E-state index in [1.54, 1.807) is 25.2 Å². The highest BCUT2D eigenvalue weighted by atomic mass is 35.5. The van der Waals surface area contributed by atoms with E-state index in [0.717, 1.165) is 17.5 Å². The van der Waals surface area contributed by atoms with Gasteiger partial charge in [0.1, 0.15) is 11.3 Å². The van der Waals surface area contributed by atoms with Gasteiger partial charge in [-0.2, -0.15) is 5.10 Å². The molecule has 0 saturated carbocycles. The Morgan fingerprint density at radius 2 is 1.91 bits per heavy atom. The van der Waals surface area contributed by atoms with E-state index >= 15 is 0 Å². The third-order valence-corrected chi connectivity index (χ3v) is 7.78. The minimum Gasteiger partial charge on any atom is -0.471 e. The molecule has 0 radical (unpaired) electrons. The van der Waals surface area contributed by atoms with Gasteiger partial charge in [-0.1, -0.05) is 17.7 Å². The third kappa shape index (κ3) is 6.70. The number of hydrogen-bond donors (Lipinski definition) is 2. The molecule has 2 atom stereocenters. The molecule has 1 aliphatic rings. The number of aryl methyl sites for hydroxylation is 2. The fourth-order valence-electron chi connectivity index (χ4n) is 5.03. The van der Waals surface area contributed by atoms with Crippen molar-refractivity contribution in [2.24, 2.45) is 7.05 Å². The molecule has 4 heterocycles. The van der Waals surface area contributed by atoms with E-state index in [1.165, 1.54) is 10.6 Å². The number of benzene rings is 1. The third-order valence-electron chi connectivity index (χ3n) is 7.01. The number of aromatic nitrogens is 5. The first-order valence-corrected chi connectivity index (χ1v) is 15.7. The number of nitrogens with one attached hydrogen (secondary N) is 2. The molecular formula is C28H31ClN8O5S. The molecule has 0 spiro atoms. The standard InChI is InChI=1S/C28H31ClN8O5S/c1-15-12-19(17(3)30-21-7-8-22(29)31-25(21)26(38)35-43(5,40)41)24-20(13-15)27(39)36(4)28(32-24)37-11-10-18(14-37)42-23-9-6-16(2)33-34-23/h6-9,12-13,17-18,30H,10-11,14H2,1-5H3,(H,35,38)/t17-,18+/m1/s1. The Morgan fingerprint density at radius 1 is 1.14 bits per heavy atom. The highest BCUT2D eigenvalue weighted by molar-refractivity contribution is 7.89. The zero-order valence-electron chi connectivity index (χ0n) is 24.3. The van der Waals surface area contributed by atoms with Gasteiger partial charge in [0.2, 0.25) is 21.9 Å². The SMILES string of the molecule is Cc1cc([C@@H](C)Nc2ccc(Cl)nc2C(=O)NS(C)(=O)=O)c2nc(N3CC[C@H](Oc4ccc(C)nn4)C3)n(C)c(=O)c2c1. The molecule has 1 saturated heterocycles. The average molecular weight is 627 g/mol. The number of amides is 1. The molecule has 43 heavy (non-hydrogen) atoms. The number of fused-ring (bicyclic) bond motifs is 1. The summed E-state index contributed by atoms with van der Waals surface area (Å²) in [6.45, 7) is 6.72. The van der Waals surface area contributed by atoms with Gasteiger partial charge in [0, 0.05) is 31.6 Å². The molecule has 0 unspecified atom stereocenters. The van der Waals surface area contributed by atoms with E-state index in [9.17, 15) is 18.0 Å². The minimum absolute atomic E-state index is 0.0231. The van der Waals surface area contributed by atoms with Gasteiger partial charge < -0.3 is 15.0 Å². The largest absolute Gasteiger partial charge is 0.471 e. The molecule has 3 aromatic heterocycles. The van der Waals surface area contributed by atoms with Gasteiger partial charge in [-0.3, -0.25) is 14.2 Å². The van der Waals surface area contributed by atoms with Crippen LogP contribution in [0.2, 0.25) is 5.15 Å². The molecule has 5 rings (SSSR count). The number of ether oxygens (including phenoxy) is 1. The fourth-order valence-corrected chi connectivity index (χ4v) is 5.61. The number of sulfonamides is 1. The van der Waals surface area contributed by atoms with Crippen LogP contribution in [0.1, 0.15) is 46.7 Å². The lowest BCUT2D eigenvalue weighted by Crippen LogP contribution is -2.32. The number of hydrogen-bond acceptors (Lipinski definition) is 11. The lowest BCUT2D eigenvalue weighted by atomic mass is 10.0. The van der Waals surface area contributed by atoms with Crippen LogP contribution in [0.15, 0.2) is 41.2 Å². The number of carbonyl (C=O) groups is 1. The molecule has 226 valence electrons. The number of carbonyl (C=O) groups excluding carboxylic acids is 1. The van der Waals surface area contributed by atoms with Crippen LogP contribution in [0.3, 0.4) is 0 Å². The highest BCUT2D eigenvalue weighted by Crippen LogP contribution is 2.30. The maximum absolute atomic E-state index is 13.6. The second-order valence-corrected chi connectivity index (χ2v) is 12.7. The van der Waals surface area contributed by atoms with Crippen LogP contribution in [0.25, 0.3) is 10.9 Å². The van der Waals surface area contributed by atoms with Crippen molar-refractivity contribution in [1.82, 2.24) is 29.5 Å². The maximum Gasteiger partial charge on any atom is 0.285 e. The molecule has 4 aromatic rings. The van der Waals surface area contributed by atoms with Crippen molar-refractivity contribution >= 4 is 50.1 Å². The van der Waals surface area contributed by atoms with E-state index in [-0.39, 0.29) is 28.2 Å². The lowest BCUT2D eigenvalue weighted by Gasteiger charge is -2.23. The summed E-state index contributed by atoms with van der Waals surface area (Å²) in [5.41, 5.74) is 2.73. The molecule has 0 bridgehead atoms. The Labute approximate surface area is 253 Å². The summed E-state index contributed by atoms with van der Waals surface area (Å²) in [6.07, 6.45) is 1.43. The molecule has 1 fully saturated rings. The first-order valence-electron chi connectivity index (χ1n) is 13.5. The quantitative estimate of drug-likeness (QED) is 0.277. The van der Waals surface area contributed by atoms with E-state index in [2.05, 4.69) is 20.5 Å². The Bertz CT molecular complexity index is 1880. The summed E-state index contributed by atoms with van der Waals surface area (Å²) in [7, 11) is -2.15. The maximum atomic E-state index is 13.6. The zero-order chi connectivity index (χ0) is 31.1. The Balaban J connectivity index is 1.48. The topological polar surface area (TPSA) is 161 Å². The summed E-state index contributed by atoms with van der Waals surface area (Å²) >= 11 is 6.02. The summed E-state index contributed by atoms with van der Waals surface area (Å²) in [6, 6.07) is 9.89. The first-order chi connectivity index (χ1) is 20.3. The van der Waals surface area contributed by atoms with Crippen LogP contribution in [0.5, 0.6) is 5.88 Å². The van der Waals surface area contributed by atoms with Gasteiger partial charge in [-0.15, -0.1) is 5.10 Å². The number of pyridine rings is 1.